The number of aryl methyl sites for hydroxylation is 2. The molecule has 2 amide bonds. The van der Waals surface area contributed by atoms with Crippen LogP contribution in [0.2, 0.25) is 0 Å². The Labute approximate surface area is 177 Å². The topological polar surface area (TPSA) is 98.0 Å². The number of nitrogens with zero attached hydrogens (tertiary/aromatic N) is 3. The van der Waals surface area contributed by atoms with Gasteiger partial charge in [0.15, 0.2) is 5.65 Å². The van der Waals surface area contributed by atoms with E-state index in [4.69, 9.17) is 0 Å². The molecule has 3 rings (SSSR count). The Morgan fingerprint density at radius 1 is 0.967 bits per heavy atom. The van der Waals surface area contributed by atoms with Gasteiger partial charge in [0, 0.05) is 32.0 Å². The van der Waals surface area contributed by atoms with Crippen molar-refractivity contribution in [1.82, 2.24) is 19.4 Å². The maximum Gasteiger partial charge on any atom is 0.330 e. The monoisotopic (exact) mass is 415 g/mol. The fourth-order valence-corrected chi connectivity index (χ4v) is 4.18. The van der Waals surface area contributed by atoms with E-state index in [0.717, 1.165) is 31.2 Å². The summed E-state index contributed by atoms with van der Waals surface area (Å²) >= 11 is 0. The molecule has 0 bridgehead atoms. The fraction of sp³-hybridized carbons (Fsp3) is 0.636. The molecule has 164 valence electrons. The molecule has 0 saturated heterocycles. The number of aromatic nitrogens is 3. The molecule has 8 heteroatoms. The van der Waals surface area contributed by atoms with Crippen LogP contribution in [0.5, 0.6) is 0 Å². The number of carbonyl (C=O) groups excluding carboxylic acids is 2. The van der Waals surface area contributed by atoms with Crippen LogP contribution >= 0.6 is 0 Å². The molecular formula is C22H33N5O3. The number of hydrogen-bond acceptors (Lipinski definition) is 4. The van der Waals surface area contributed by atoms with E-state index in [1.165, 1.54) is 19.3 Å². The number of amides is 2. The van der Waals surface area contributed by atoms with Gasteiger partial charge in [0.2, 0.25) is 11.8 Å². The van der Waals surface area contributed by atoms with Crippen molar-refractivity contribution in [3.05, 3.63) is 22.6 Å². The van der Waals surface area contributed by atoms with Crippen molar-refractivity contribution in [2.45, 2.75) is 90.8 Å². The zero-order valence-corrected chi connectivity index (χ0v) is 18.1. The number of carbonyl (C=O) groups is 2. The molecule has 0 spiro atoms. The number of rotatable bonds is 7. The van der Waals surface area contributed by atoms with Gasteiger partial charge in [-0.25, -0.2) is 9.78 Å². The Bertz CT molecular complexity index is 938. The van der Waals surface area contributed by atoms with E-state index in [1.54, 1.807) is 21.3 Å². The second kappa shape index (κ2) is 10.4. The quantitative estimate of drug-likeness (QED) is 0.726. The van der Waals surface area contributed by atoms with E-state index in [1.807, 2.05) is 13.8 Å². The van der Waals surface area contributed by atoms with E-state index in [2.05, 4.69) is 15.6 Å². The number of fused-ring (bicyclic) bond motifs is 1. The molecule has 8 nitrogen and oxygen atoms in total. The van der Waals surface area contributed by atoms with E-state index in [-0.39, 0.29) is 36.4 Å². The third kappa shape index (κ3) is 5.29. The first-order valence-corrected chi connectivity index (χ1v) is 11.2. The third-order valence-corrected chi connectivity index (χ3v) is 5.81. The molecular weight excluding hydrogens is 382 g/mol. The van der Waals surface area contributed by atoms with Crippen LogP contribution in [0.4, 0.5) is 5.82 Å². The lowest BCUT2D eigenvalue weighted by Gasteiger charge is -2.21. The van der Waals surface area contributed by atoms with Gasteiger partial charge in [-0.05, 0) is 38.8 Å². The highest BCUT2D eigenvalue weighted by atomic mass is 16.2. The number of nitrogens with one attached hydrogen (secondary N) is 2. The lowest BCUT2D eigenvalue weighted by atomic mass is 9.96. The number of imidazole rings is 1. The van der Waals surface area contributed by atoms with Crippen molar-refractivity contribution in [3.8, 4) is 0 Å². The summed E-state index contributed by atoms with van der Waals surface area (Å²) in [5.74, 6) is 0.0670. The summed E-state index contributed by atoms with van der Waals surface area (Å²) in [6.45, 7) is 4.88. The summed E-state index contributed by atoms with van der Waals surface area (Å²) in [7, 11) is 0. The van der Waals surface area contributed by atoms with E-state index in [9.17, 15) is 14.4 Å². The van der Waals surface area contributed by atoms with Gasteiger partial charge in [-0.1, -0.05) is 32.1 Å². The van der Waals surface area contributed by atoms with Gasteiger partial charge in [0.25, 0.3) is 0 Å². The van der Waals surface area contributed by atoms with Gasteiger partial charge in [-0.3, -0.25) is 18.7 Å². The van der Waals surface area contributed by atoms with Crippen molar-refractivity contribution in [2.75, 3.05) is 5.32 Å². The average molecular weight is 416 g/mol. The maximum absolute atomic E-state index is 12.4. The van der Waals surface area contributed by atoms with Crippen molar-refractivity contribution >= 4 is 28.8 Å². The largest absolute Gasteiger partial charge is 0.353 e. The predicted molar refractivity (Wildman–Crippen MR) is 117 cm³/mol. The minimum absolute atomic E-state index is 0.0704. The van der Waals surface area contributed by atoms with Gasteiger partial charge >= 0.3 is 5.69 Å². The molecule has 2 aromatic rings. The van der Waals surface area contributed by atoms with Crippen LogP contribution in [-0.4, -0.2) is 32.0 Å². The van der Waals surface area contributed by atoms with Gasteiger partial charge in [-0.15, -0.1) is 0 Å². The minimum atomic E-state index is -0.255. The molecule has 0 atom stereocenters. The second-order valence-electron chi connectivity index (χ2n) is 7.97. The Kier molecular flexibility index (Phi) is 7.65. The lowest BCUT2D eigenvalue weighted by Crippen LogP contribution is -2.35. The summed E-state index contributed by atoms with van der Waals surface area (Å²) in [5, 5.41) is 5.84. The number of hydrogen-bond donors (Lipinski definition) is 2. The summed E-state index contributed by atoms with van der Waals surface area (Å²) < 4.78 is 3.26. The van der Waals surface area contributed by atoms with Crippen LogP contribution in [0.15, 0.2) is 16.9 Å². The molecule has 0 unspecified atom stereocenters. The summed E-state index contributed by atoms with van der Waals surface area (Å²) in [5.41, 5.74) is 1.21. The Balaban J connectivity index is 1.56. The molecule has 1 aliphatic rings. The molecule has 1 saturated carbocycles. The molecule has 1 fully saturated rings. The van der Waals surface area contributed by atoms with Crippen LogP contribution in [0.25, 0.3) is 11.2 Å². The average Bonchev–Trinajstić information content (AvgIpc) is 2.98. The summed E-state index contributed by atoms with van der Waals surface area (Å²) in [6, 6.07) is 3.73. The highest BCUT2D eigenvalue weighted by molar-refractivity contribution is 5.93. The summed E-state index contributed by atoms with van der Waals surface area (Å²) in [4.78, 5) is 41.5. The maximum atomic E-state index is 12.4. The standard InChI is InChI=1S/C22H33N5O3/c1-3-26-17-12-13-18(25-21(17)27(4-2)22(26)30)24-20(29)15-14-19(28)23-16-10-8-6-5-7-9-11-16/h12-13,16H,3-11,14-15H2,1-2H3,(H,23,28)(H,24,25,29). The highest BCUT2D eigenvalue weighted by Crippen LogP contribution is 2.18. The first-order valence-electron chi connectivity index (χ1n) is 11.2. The normalized spacial score (nSPS) is 15.5. The van der Waals surface area contributed by atoms with E-state index in [0.29, 0.717) is 24.6 Å². The Morgan fingerprint density at radius 3 is 2.27 bits per heavy atom. The van der Waals surface area contributed by atoms with Crippen LogP contribution in [0, 0.1) is 0 Å². The Hall–Kier alpha value is -2.64. The summed E-state index contributed by atoms with van der Waals surface area (Å²) in [6.07, 6.45) is 8.39. The van der Waals surface area contributed by atoms with Gasteiger partial charge in [0.1, 0.15) is 5.82 Å². The van der Waals surface area contributed by atoms with Crippen molar-refractivity contribution < 1.29 is 9.59 Å². The first kappa shape index (κ1) is 22.1. The molecule has 30 heavy (non-hydrogen) atoms. The third-order valence-electron chi connectivity index (χ3n) is 5.81. The highest BCUT2D eigenvalue weighted by Gasteiger charge is 2.16. The first-order chi connectivity index (χ1) is 14.5. The van der Waals surface area contributed by atoms with E-state index < -0.39 is 0 Å². The van der Waals surface area contributed by atoms with Crippen molar-refractivity contribution in [1.29, 1.82) is 0 Å². The Morgan fingerprint density at radius 2 is 1.60 bits per heavy atom. The van der Waals surface area contributed by atoms with Crippen LogP contribution in [0.1, 0.15) is 71.6 Å². The van der Waals surface area contributed by atoms with Crippen molar-refractivity contribution in [3.63, 3.8) is 0 Å². The van der Waals surface area contributed by atoms with E-state index >= 15 is 0 Å². The minimum Gasteiger partial charge on any atom is -0.353 e. The molecule has 2 N–H and O–H groups in total. The smallest absolute Gasteiger partial charge is 0.330 e. The number of anilines is 1. The SMILES string of the molecule is CCn1c(=O)n(CC)c2nc(NC(=O)CCC(=O)NC3CCCCCCC3)ccc21. The van der Waals surface area contributed by atoms with Gasteiger partial charge < -0.3 is 10.6 Å². The van der Waals surface area contributed by atoms with Crippen LogP contribution < -0.4 is 16.3 Å². The van der Waals surface area contributed by atoms with Crippen LogP contribution in [0.3, 0.4) is 0 Å². The van der Waals surface area contributed by atoms with Crippen LogP contribution in [-0.2, 0) is 22.7 Å². The lowest BCUT2D eigenvalue weighted by molar-refractivity contribution is -0.125. The molecule has 0 radical (unpaired) electrons. The molecule has 2 heterocycles. The molecule has 0 aliphatic heterocycles. The number of pyridine rings is 1. The molecule has 0 aromatic carbocycles. The van der Waals surface area contributed by atoms with Gasteiger partial charge in [-0.2, -0.15) is 0 Å². The second-order valence-corrected chi connectivity index (χ2v) is 7.97. The zero-order chi connectivity index (χ0) is 21.5. The predicted octanol–water partition coefficient (Wildman–Crippen LogP) is 3.19. The zero-order valence-electron chi connectivity index (χ0n) is 18.1. The molecule has 2 aromatic heterocycles. The molecule has 1 aliphatic carbocycles. The van der Waals surface area contributed by atoms with Gasteiger partial charge in [0.05, 0.1) is 5.52 Å². The fourth-order valence-electron chi connectivity index (χ4n) is 4.18. The van der Waals surface area contributed by atoms with Crippen molar-refractivity contribution in [2.24, 2.45) is 0 Å².